The summed E-state index contributed by atoms with van der Waals surface area (Å²) in [6.07, 6.45) is 6.21. The summed E-state index contributed by atoms with van der Waals surface area (Å²) in [4.78, 5) is 21.2. The van der Waals surface area contributed by atoms with Crippen LogP contribution in [0.5, 0.6) is 11.6 Å². The number of Topliss-reactive ketones (excluding diaryl/α,β-unsaturated/α-hetero) is 1. The zero-order valence-corrected chi connectivity index (χ0v) is 17.8. The molecule has 4 aromatic rings. The molecular weight excluding hydrogens is 390 g/mol. The van der Waals surface area contributed by atoms with Crippen LogP contribution in [-0.2, 0) is 12.8 Å². The molecule has 156 valence electrons. The SMILES string of the molecule is CCc1ccc(Oc2cc(C)on2)cc1-c1ccc(CC(=O)c2cnccc2C)nc1. The van der Waals surface area contributed by atoms with Crippen LogP contribution in [0.2, 0.25) is 0 Å². The monoisotopic (exact) mass is 413 g/mol. The number of hydrogen-bond acceptors (Lipinski definition) is 6. The molecular formula is C25H23N3O3. The summed E-state index contributed by atoms with van der Waals surface area (Å²) >= 11 is 0. The highest BCUT2D eigenvalue weighted by atomic mass is 16.5. The summed E-state index contributed by atoms with van der Waals surface area (Å²) in [5.74, 6) is 1.80. The van der Waals surface area contributed by atoms with Gasteiger partial charge in [-0.1, -0.05) is 19.1 Å². The molecule has 6 heteroatoms. The van der Waals surface area contributed by atoms with Crippen LogP contribution in [0, 0.1) is 13.8 Å². The van der Waals surface area contributed by atoms with E-state index in [4.69, 9.17) is 9.26 Å². The van der Waals surface area contributed by atoms with Crippen LogP contribution in [0.15, 0.2) is 65.6 Å². The Bertz CT molecular complexity index is 1210. The van der Waals surface area contributed by atoms with Crippen LogP contribution in [0.25, 0.3) is 11.1 Å². The summed E-state index contributed by atoms with van der Waals surface area (Å²) in [6.45, 7) is 5.84. The average molecular weight is 413 g/mol. The lowest BCUT2D eigenvalue weighted by atomic mass is 9.98. The lowest BCUT2D eigenvalue weighted by molar-refractivity contribution is 0.0991. The molecule has 1 aromatic carbocycles. The molecule has 0 atom stereocenters. The van der Waals surface area contributed by atoms with Gasteiger partial charge in [-0.3, -0.25) is 14.8 Å². The van der Waals surface area contributed by atoms with E-state index in [0.29, 0.717) is 23.0 Å². The number of carbonyl (C=O) groups excluding carboxylic acids is 1. The number of aryl methyl sites for hydroxylation is 3. The highest BCUT2D eigenvalue weighted by Gasteiger charge is 2.13. The molecule has 0 bridgehead atoms. The molecule has 31 heavy (non-hydrogen) atoms. The van der Waals surface area contributed by atoms with E-state index in [0.717, 1.165) is 28.8 Å². The van der Waals surface area contributed by atoms with Crippen LogP contribution in [0.4, 0.5) is 0 Å². The van der Waals surface area contributed by atoms with Gasteiger partial charge in [0.05, 0.1) is 6.42 Å². The second kappa shape index (κ2) is 8.92. The van der Waals surface area contributed by atoms with Crippen molar-refractivity contribution in [3.05, 3.63) is 89.2 Å². The van der Waals surface area contributed by atoms with Crippen LogP contribution in [0.3, 0.4) is 0 Å². The predicted octanol–water partition coefficient (Wildman–Crippen LogP) is 5.53. The fourth-order valence-electron chi connectivity index (χ4n) is 3.41. The van der Waals surface area contributed by atoms with Crippen molar-refractivity contribution in [3.8, 4) is 22.8 Å². The zero-order chi connectivity index (χ0) is 21.8. The van der Waals surface area contributed by atoms with Crippen LogP contribution < -0.4 is 4.74 Å². The first-order valence-electron chi connectivity index (χ1n) is 10.2. The Morgan fingerprint density at radius 1 is 1.06 bits per heavy atom. The van der Waals surface area contributed by atoms with E-state index in [1.165, 1.54) is 5.56 Å². The van der Waals surface area contributed by atoms with Gasteiger partial charge in [0.2, 0.25) is 0 Å². The summed E-state index contributed by atoms with van der Waals surface area (Å²) in [5.41, 5.74) is 5.46. The summed E-state index contributed by atoms with van der Waals surface area (Å²) < 4.78 is 10.9. The minimum Gasteiger partial charge on any atom is -0.436 e. The molecule has 0 saturated carbocycles. The summed E-state index contributed by atoms with van der Waals surface area (Å²) in [7, 11) is 0. The highest BCUT2D eigenvalue weighted by molar-refractivity contribution is 5.98. The standard InChI is InChI=1S/C25H23N3O3/c1-4-18-6-8-21(30-25-11-17(3)31-28-25)13-22(18)19-5-7-20(27-14-19)12-24(29)23-15-26-10-9-16(23)2/h5-11,13-15H,4,12H2,1-3H3. The van der Waals surface area contributed by atoms with E-state index in [1.54, 1.807) is 24.7 Å². The zero-order valence-electron chi connectivity index (χ0n) is 17.8. The number of aromatic nitrogens is 3. The molecule has 0 aliphatic heterocycles. The lowest BCUT2D eigenvalue weighted by Crippen LogP contribution is -2.07. The van der Waals surface area contributed by atoms with E-state index in [9.17, 15) is 4.79 Å². The number of benzene rings is 1. The summed E-state index contributed by atoms with van der Waals surface area (Å²) in [5, 5.41) is 3.88. The normalized spacial score (nSPS) is 10.8. The van der Waals surface area contributed by atoms with Gasteiger partial charge in [0, 0.05) is 41.5 Å². The average Bonchev–Trinajstić information content (AvgIpc) is 3.19. The third-order valence-electron chi connectivity index (χ3n) is 5.11. The first-order valence-corrected chi connectivity index (χ1v) is 10.2. The molecule has 0 aliphatic carbocycles. The molecule has 0 unspecified atom stereocenters. The lowest BCUT2D eigenvalue weighted by Gasteiger charge is -2.11. The van der Waals surface area contributed by atoms with Gasteiger partial charge in [0.25, 0.3) is 5.88 Å². The van der Waals surface area contributed by atoms with Crippen molar-refractivity contribution in [3.63, 3.8) is 0 Å². The Kier molecular flexibility index (Phi) is 5.89. The van der Waals surface area contributed by atoms with Gasteiger partial charge in [-0.15, -0.1) is 0 Å². The third-order valence-corrected chi connectivity index (χ3v) is 5.11. The Morgan fingerprint density at radius 2 is 1.94 bits per heavy atom. The van der Waals surface area contributed by atoms with Gasteiger partial charge < -0.3 is 9.26 Å². The van der Waals surface area contributed by atoms with Gasteiger partial charge in [-0.05, 0) is 66.4 Å². The number of ketones is 1. The van der Waals surface area contributed by atoms with Crippen molar-refractivity contribution >= 4 is 5.78 Å². The molecule has 0 fully saturated rings. The molecule has 0 spiro atoms. The smallest absolute Gasteiger partial charge is 0.259 e. The maximum atomic E-state index is 12.6. The second-order valence-corrected chi connectivity index (χ2v) is 7.38. The maximum absolute atomic E-state index is 12.6. The van der Waals surface area contributed by atoms with Crippen LogP contribution in [-0.4, -0.2) is 20.9 Å². The predicted molar refractivity (Wildman–Crippen MR) is 117 cm³/mol. The number of nitrogens with zero attached hydrogens (tertiary/aromatic N) is 3. The molecule has 0 radical (unpaired) electrons. The van der Waals surface area contributed by atoms with E-state index in [2.05, 4.69) is 22.0 Å². The molecule has 6 nitrogen and oxygen atoms in total. The number of pyridine rings is 2. The van der Waals surface area contributed by atoms with E-state index in [-0.39, 0.29) is 12.2 Å². The fourth-order valence-corrected chi connectivity index (χ4v) is 3.41. The number of carbonyl (C=O) groups is 1. The molecule has 4 rings (SSSR count). The highest BCUT2D eigenvalue weighted by Crippen LogP contribution is 2.30. The molecule has 0 N–H and O–H groups in total. The quantitative estimate of drug-likeness (QED) is 0.371. The van der Waals surface area contributed by atoms with Gasteiger partial charge in [0.1, 0.15) is 11.5 Å². The van der Waals surface area contributed by atoms with Gasteiger partial charge >= 0.3 is 0 Å². The minimum atomic E-state index is 0.0124. The molecule has 0 amide bonds. The molecule has 0 saturated heterocycles. The molecule has 3 aromatic heterocycles. The van der Waals surface area contributed by atoms with Crippen molar-refractivity contribution in [1.29, 1.82) is 0 Å². The van der Waals surface area contributed by atoms with E-state index in [1.807, 2.05) is 50.2 Å². The Labute approximate surface area is 180 Å². The van der Waals surface area contributed by atoms with E-state index >= 15 is 0 Å². The maximum Gasteiger partial charge on any atom is 0.259 e. The van der Waals surface area contributed by atoms with Crippen molar-refractivity contribution in [2.24, 2.45) is 0 Å². The molecule has 0 aliphatic rings. The van der Waals surface area contributed by atoms with Crippen molar-refractivity contribution in [2.45, 2.75) is 33.6 Å². The van der Waals surface area contributed by atoms with Gasteiger partial charge in [-0.2, -0.15) is 0 Å². The Hall–Kier alpha value is -3.80. The first kappa shape index (κ1) is 20.5. The largest absolute Gasteiger partial charge is 0.436 e. The van der Waals surface area contributed by atoms with Gasteiger partial charge in [-0.25, -0.2) is 0 Å². The molecule has 3 heterocycles. The Morgan fingerprint density at radius 3 is 2.61 bits per heavy atom. The topological polar surface area (TPSA) is 78.1 Å². The number of rotatable bonds is 7. The third kappa shape index (κ3) is 4.69. The van der Waals surface area contributed by atoms with Crippen molar-refractivity contribution in [1.82, 2.24) is 15.1 Å². The first-order chi connectivity index (χ1) is 15.0. The minimum absolute atomic E-state index is 0.0124. The van der Waals surface area contributed by atoms with Crippen LogP contribution in [0.1, 0.15) is 39.9 Å². The number of ether oxygens (including phenoxy) is 1. The van der Waals surface area contributed by atoms with Gasteiger partial charge in [0.15, 0.2) is 5.78 Å². The summed E-state index contributed by atoms with van der Waals surface area (Å²) in [6, 6.07) is 13.4. The number of hydrogen-bond donors (Lipinski definition) is 0. The fraction of sp³-hybridized carbons (Fsp3) is 0.200. The van der Waals surface area contributed by atoms with Crippen molar-refractivity contribution in [2.75, 3.05) is 0 Å². The second-order valence-electron chi connectivity index (χ2n) is 7.38. The Balaban J connectivity index is 1.55. The van der Waals surface area contributed by atoms with E-state index < -0.39 is 0 Å². The van der Waals surface area contributed by atoms with Crippen molar-refractivity contribution < 1.29 is 14.1 Å². The van der Waals surface area contributed by atoms with Crippen LogP contribution >= 0.6 is 0 Å².